The smallest absolute Gasteiger partial charge is 0.275 e. The van der Waals surface area contributed by atoms with E-state index in [1.807, 2.05) is 12.1 Å². The molecule has 2 aromatic heterocycles. The second-order valence-corrected chi connectivity index (χ2v) is 7.31. The van der Waals surface area contributed by atoms with Gasteiger partial charge in [-0.25, -0.2) is 4.98 Å². The van der Waals surface area contributed by atoms with Crippen LogP contribution in [0.1, 0.15) is 10.5 Å². The number of nitrogens with one attached hydrogen (secondary N) is 1. The van der Waals surface area contributed by atoms with Crippen molar-refractivity contribution in [2.75, 3.05) is 26.1 Å². The third-order valence-electron chi connectivity index (χ3n) is 4.63. The molecule has 0 saturated carbocycles. The van der Waals surface area contributed by atoms with Gasteiger partial charge in [0.1, 0.15) is 16.5 Å². The lowest BCUT2D eigenvalue weighted by Gasteiger charge is -2.08. The largest absolute Gasteiger partial charge is 0.497 e. The summed E-state index contributed by atoms with van der Waals surface area (Å²) in [5, 5.41) is 6.60. The van der Waals surface area contributed by atoms with E-state index in [1.54, 1.807) is 43.9 Å². The number of methoxy groups -OCH3 is 2. The highest BCUT2D eigenvalue weighted by Gasteiger charge is 2.16. The fourth-order valence-corrected chi connectivity index (χ4v) is 4.00. The first-order valence-electron chi connectivity index (χ1n) is 9.18. The first kappa shape index (κ1) is 19.2. The van der Waals surface area contributed by atoms with Crippen molar-refractivity contribution in [2.45, 2.75) is 6.54 Å². The van der Waals surface area contributed by atoms with Crippen molar-refractivity contribution in [3.8, 4) is 16.5 Å². The van der Waals surface area contributed by atoms with Gasteiger partial charge in [-0.2, -0.15) is 0 Å². The maximum atomic E-state index is 12.6. The van der Waals surface area contributed by atoms with Crippen LogP contribution in [0.3, 0.4) is 0 Å². The Kier molecular flexibility index (Phi) is 5.59. The van der Waals surface area contributed by atoms with Gasteiger partial charge in [0.25, 0.3) is 5.91 Å². The minimum atomic E-state index is -0.239. The summed E-state index contributed by atoms with van der Waals surface area (Å²) >= 11 is 1.46. The standard InChI is InChI=1S/C22H21N3O3S/c1-27-12-11-25-19-6-4-3-5-15(19)13-20(25)22-24-18(14-29-22)21(26)23-16-7-9-17(28-2)10-8-16/h3-10,13-14H,11-12H2,1-2H3,(H,23,26). The van der Waals surface area contributed by atoms with Gasteiger partial charge in [-0.05, 0) is 36.4 Å². The molecule has 7 heteroatoms. The number of nitrogens with zero attached hydrogens (tertiary/aromatic N) is 2. The zero-order chi connectivity index (χ0) is 20.2. The zero-order valence-electron chi connectivity index (χ0n) is 16.2. The van der Waals surface area contributed by atoms with Crippen LogP contribution in [0.5, 0.6) is 5.75 Å². The number of fused-ring (bicyclic) bond motifs is 1. The van der Waals surface area contributed by atoms with Gasteiger partial charge in [-0.1, -0.05) is 18.2 Å². The van der Waals surface area contributed by atoms with Gasteiger partial charge in [0.2, 0.25) is 0 Å². The van der Waals surface area contributed by atoms with Crippen LogP contribution in [0, 0.1) is 0 Å². The number of para-hydroxylation sites is 1. The van der Waals surface area contributed by atoms with Crippen LogP contribution in [-0.2, 0) is 11.3 Å². The molecule has 0 aliphatic rings. The van der Waals surface area contributed by atoms with Crippen molar-refractivity contribution in [1.82, 2.24) is 9.55 Å². The highest BCUT2D eigenvalue weighted by Crippen LogP contribution is 2.30. The van der Waals surface area contributed by atoms with E-state index in [-0.39, 0.29) is 5.91 Å². The summed E-state index contributed by atoms with van der Waals surface area (Å²) < 4.78 is 12.6. The summed E-state index contributed by atoms with van der Waals surface area (Å²) in [5.41, 5.74) is 3.19. The lowest BCUT2D eigenvalue weighted by Crippen LogP contribution is -2.12. The van der Waals surface area contributed by atoms with E-state index in [0.29, 0.717) is 24.5 Å². The Balaban J connectivity index is 1.60. The number of amides is 1. The second-order valence-electron chi connectivity index (χ2n) is 6.45. The molecule has 0 bridgehead atoms. The minimum Gasteiger partial charge on any atom is -0.497 e. The second kappa shape index (κ2) is 8.46. The molecule has 1 amide bonds. The van der Waals surface area contributed by atoms with Gasteiger partial charge in [-0.15, -0.1) is 11.3 Å². The third-order valence-corrected chi connectivity index (χ3v) is 5.50. The SMILES string of the molecule is COCCn1c(-c2nc(C(=O)Nc3ccc(OC)cc3)cs2)cc2ccccc21. The minimum absolute atomic E-state index is 0.239. The number of anilines is 1. The topological polar surface area (TPSA) is 65.4 Å². The van der Waals surface area contributed by atoms with E-state index in [1.165, 1.54) is 11.3 Å². The van der Waals surface area contributed by atoms with Crippen molar-refractivity contribution < 1.29 is 14.3 Å². The summed E-state index contributed by atoms with van der Waals surface area (Å²) in [6.07, 6.45) is 0. The van der Waals surface area contributed by atoms with Gasteiger partial charge in [0, 0.05) is 35.6 Å². The molecular weight excluding hydrogens is 386 g/mol. The van der Waals surface area contributed by atoms with Crippen molar-refractivity contribution in [3.63, 3.8) is 0 Å². The molecular formula is C22H21N3O3S. The van der Waals surface area contributed by atoms with Gasteiger partial charge < -0.3 is 19.4 Å². The number of rotatable bonds is 7. The lowest BCUT2D eigenvalue weighted by molar-refractivity contribution is 0.102. The highest BCUT2D eigenvalue weighted by molar-refractivity contribution is 7.13. The lowest BCUT2D eigenvalue weighted by atomic mass is 10.2. The van der Waals surface area contributed by atoms with Crippen molar-refractivity contribution in [1.29, 1.82) is 0 Å². The van der Waals surface area contributed by atoms with E-state index in [9.17, 15) is 4.79 Å². The van der Waals surface area contributed by atoms with E-state index in [4.69, 9.17) is 9.47 Å². The first-order chi connectivity index (χ1) is 14.2. The molecule has 0 aliphatic heterocycles. The average Bonchev–Trinajstić information content (AvgIpc) is 3.38. The van der Waals surface area contributed by atoms with Crippen LogP contribution in [0.15, 0.2) is 60.0 Å². The van der Waals surface area contributed by atoms with Crippen LogP contribution in [0.2, 0.25) is 0 Å². The van der Waals surface area contributed by atoms with E-state index in [2.05, 4.69) is 33.1 Å². The molecule has 29 heavy (non-hydrogen) atoms. The van der Waals surface area contributed by atoms with Gasteiger partial charge >= 0.3 is 0 Å². The summed E-state index contributed by atoms with van der Waals surface area (Å²) in [4.78, 5) is 17.2. The molecule has 0 unspecified atom stereocenters. The highest BCUT2D eigenvalue weighted by atomic mass is 32.1. The number of benzene rings is 2. The Hall–Kier alpha value is -3.16. The van der Waals surface area contributed by atoms with Crippen LogP contribution in [0.25, 0.3) is 21.6 Å². The van der Waals surface area contributed by atoms with Crippen LogP contribution < -0.4 is 10.1 Å². The number of hydrogen-bond donors (Lipinski definition) is 1. The van der Waals surface area contributed by atoms with E-state index in [0.717, 1.165) is 27.4 Å². The van der Waals surface area contributed by atoms with Crippen LogP contribution >= 0.6 is 11.3 Å². The van der Waals surface area contributed by atoms with Crippen LogP contribution in [0.4, 0.5) is 5.69 Å². The summed E-state index contributed by atoms with van der Waals surface area (Å²) in [5.74, 6) is 0.500. The Labute approximate surface area is 172 Å². The van der Waals surface area contributed by atoms with Crippen molar-refractivity contribution in [3.05, 3.63) is 65.7 Å². The molecule has 0 saturated heterocycles. The maximum absolute atomic E-state index is 12.6. The number of ether oxygens (including phenoxy) is 2. The first-order valence-corrected chi connectivity index (χ1v) is 10.1. The molecule has 0 atom stereocenters. The Morgan fingerprint density at radius 1 is 1.14 bits per heavy atom. The summed E-state index contributed by atoms with van der Waals surface area (Å²) in [6, 6.07) is 17.5. The van der Waals surface area contributed by atoms with Gasteiger partial charge in [0.15, 0.2) is 0 Å². The number of carbonyl (C=O) groups is 1. The summed E-state index contributed by atoms with van der Waals surface area (Å²) in [7, 11) is 3.30. The normalized spacial score (nSPS) is 11.0. The number of aromatic nitrogens is 2. The Morgan fingerprint density at radius 2 is 1.93 bits per heavy atom. The molecule has 148 valence electrons. The molecule has 0 radical (unpaired) electrons. The number of hydrogen-bond acceptors (Lipinski definition) is 5. The van der Waals surface area contributed by atoms with Gasteiger partial charge in [-0.3, -0.25) is 4.79 Å². The molecule has 4 aromatic rings. The molecule has 2 aromatic carbocycles. The van der Waals surface area contributed by atoms with Crippen molar-refractivity contribution >= 4 is 33.8 Å². The monoisotopic (exact) mass is 407 g/mol. The molecule has 0 fully saturated rings. The van der Waals surface area contributed by atoms with Crippen molar-refractivity contribution in [2.24, 2.45) is 0 Å². The molecule has 6 nitrogen and oxygen atoms in total. The van der Waals surface area contributed by atoms with E-state index < -0.39 is 0 Å². The molecule has 1 N–H and O–H groups in total. The molecule has 2 heterocycles. The predicted molar refractivity (Wildman–Crippen MR) is 116 cm³/mol. The summed E-state index contributed by atoms with van der Waals surface area (Å²) in [6.45, 7) is 1.31. The fourth-order valence-electron chi connectivity index (χ4n) is 3.18. The number of thiazole rings is 1. The Bertz CT molecular complexity index is 1130. The zero-order valence-corrected chi connectivity index (χ0v) is 17.0. The van der Waals surface area contributed by atoms with Gasteiger partial charge in [0.05, 0.1) is 19.4 Å². The number of carbonyl (C=O) groups excluding carboxylic acids is 1. The Morgan fingerprint density at radius 3 is 2.69 bits per heavy atom. The van der Waals surface area contributed by atoms with E-state index >= 15 is 0 Å². The molecule has 0 aliphatic carbocycles. The predicted octanol–water partition coefficient (Wildman–Crippen LogP) is 4.67. The third kappa shape index (κ3) is 4.01. The quantitative estimate of drug-likeness (QED) is 0.483. The average molecular weight is 407 g/mol. The molecule has 0 spiro atoms. The van der Waals surface area contributed by atoms with Crippen LogP contribution in [-0.4, -0.2) is 36.3 Å². The fraction of sp³-hybridized carbons (Fsp3) is 0.182. The molecule has 4 rings (SSSR count). The maximum Gasteiger partial charge on any atom is 0.275 e.